The van der Waals surface area contributed by atoms with E-state index >= 15 is 0 Å². The van der Waals surface area contributed by atoms with Crippen LogP contribution in [0.4, 0.5) is 5.82 Å². The summed E-state index contributed by atoms with van der Waals surface area (Å²) in [6.45, 7) is 0. The maximum atomic E-state index is 12.2. The fourth-order valence-corrected chi connectivity index (χ4v) is 2.26. The third-order valence-electron chi connectivity index (χ3n) is 2.88. The van der Waals surface area contributed by atoms with Crippen molar-refractivity contribution >= 4 is 46.5 Å². The normalized spacial score (nSPS) is 10.6. The van der Waals surface area contributed by atoms with E-state index in [2.05, 4.69) is 20.6 Å². The summed E-state index contributed by atoms with van der Waals surface area (Å²) in [7, 11) is 0. The van der Waals surface area contributed by atoms with Gasteiger partial charge in [-0.1, -0.05) is 52.1 Å². The van der Waals surface area contributed by atoms with Crippen LogP contribution >= 0.6 is 34.8 Å². The van der Waals surface area contributed by atoms with E-state index in [9.17, 15) is 4.79 Å². The molecule has 1 N–H and O–H groups in total. The number of nitrogens with zero attached hydrogens (tertiary/aromatic N) is 4. The van der Waals surface area contributed by atoms with Crippen LogP contribution in [0.5, 0.6) is 0 Å². The number of halogens is 3. The zero-order chi connectivity index (χ0) is 16.4. The van der Waals surface area contributed by atoms with E-state index in [0.29, 0.717) is 15.7 Å². The Bertz CT molecular complexity index is 880. The Kier molecular flexibility index (Phi) is 4.47. The standard InChI is InChI=1S/C14H8Cl3N5O/c15-8-3-1-2-4-12(8)22-7-11(20-21-22)14(23)19-13-5-9(16)10(17)6-18-13/h1-7H,(H,18,19,23). The molecule has 0 bridgehead atoms. The minimum absolute atomic E-state index is 0.109. The Morgan fingerprint density at radius 2 is 1.87 bits per heavy atom. The lowest BCUT2D eigenvalue weighted by Gasteiger charge is -2.03. The Labute approximate surface area is 146 Å². The van der Waals surface area contributed by atoms with Crippen LogP contribution in [0.15, 0.2) is 42.7 Å². The number of carbonyl (C=O) groups is 1. The van der Waals surface area contributed by atoms with Crippen LogP contribution in [0.2, 0.25) is 15.1 Å². The molecule has 23 heavy (non-hydrogen) atoms. The average Bonchev–Trinajstić information content (AvgIpc) is 3.01. The number of benzene rings is 1. The molecule has 1 amide bonds. The molecular formula is C14H8Cl3N5O. The van der Waals surface area contributed by atoms with Crippen LogP contribution in [0.25, 0.3) is 5.69 Å². The second kappa shape index (κ2) is 6.54. The molecule has 3 aromatic rings. The van der Waals surface area contributed by atoms with E-state index in [0.717, 1.165) is 0 Å². The first-order valence-electron chi connectivity index (χ1n) is 6.34. The van der Waals surface area contributed by atoms with E-state index in [-0.39, 0.29) is 16.5 Å². The fourth-order valence-electron chi connectivity index (χ4n) is 1.79. The lowest BCUT2D eigenvalue weighted by Crippen LogP contribution is -2.13. The Hall–Kier alpha value is -2.15. The van der Waals surface area contributed by atoms with Crippen molar-refractivity contribution in [2.75, 3.05) is 5.32 Å². The van der Waals surface area contributed by atoms with Gasteiger partial charge < -0.3 is 5.32 Å². The van der Waals surface area contributed by atoms with Crippen molar-refractivity contribution in [1.82, 2.24) is 20.0 Å². The molecule has 116 valence electrons. The first-order chi connectivity index (χ1) is 11.0. The molecule has 0 unspecified atom stereocenters. The molecular weight excluding hydrogens is 361 g/mol. The van der Waals surface area contributed by atoms with Gasteiger partial charge in [0.25, 0.3) is 5.91 Å². The zero-order valence-electron chi connectivity index (χ0n) is 11.4. The van der Waals surface area contributed by atoms with Crippen molar-refractivity contribution < 1.29 is 4.79 Å². The van der Waals surface area contributed by atoms with Crippen LogP contribution in [0, 0.1) is 0 Å². The van der Waals surface area contributed by atoms with E-state index in [1.807, 2.05) is 6.07 Å². The summed E-state index contributed by atoms with van der Waals surface area (Å²) in [4.78, 5) is 16.1. The topological polar surface area (TPSA) is 72.7 Å². The Morgan fingerprint density at radius 3 is 2.61 bits per heavy atom. The molecule has 2 aromatic heterocycles. The van der Waals surface area contributed by atoms with E-state index in [4.69, 9.17) is 34.8 Å². The summed E-state index contributed by atoms with van der Waals surface area (Å²) in [5.41, 5.74) is 0.728. The number of nitrogens with one attached hydrogen (secondary N) is 1. The third kappa shape index (κ3) is 3.44. The van der Waals surface area contributed by atoms with Gasteiger partial charge in [-0.3, -0.25) is 4.79 Å². The highest BCUT2D eigenvalue weighted by molar-refractivity contribution is 6.42. The molecule has 0 saturated heterocycles. The summed E-state index contributed by atoms with van der Waals surface area (Å²) < 4.78 is 1.42. The van der Waals surface area contributed by atoms with Gasteiger partial charge >= 0.3 is 0 Å². The number of hydrogen-bond donors (Lipinski definition) is 1. The molecule has 6 nitrogen and oxygen atoms in total. The molecule has 0 aliphatic carbocycles. The molecule has 0 saturated carbocycles. The van der Waals surface area contributed by atoms with Crippen molar-refractivity contribution in [2.45, 2.75) is 0 Å². The van der Waals surface area contributed by atoms with Crippen LogP contribution in [-0.2, 0) is 0 Å². The van der Waals surface area contributed by atoms with Crippen molar-refractivity contribution in [1.29, 1.82) is 0 Å². The third-order valence-corrected chi connectivity index (χ3v) is 3.91. The van der Waals surface area contributed by atoms with Gasteiger partial charge in [-0.2, -0.15) is 0 Å². The first kappa shape index (κ1) is 15.7. The SMILES string of the molecule is O=C(Nc1cc(Cl)c(Cl)cn1)c1cn(-c2ccccc2Cl)nn1. The molecule has 1 aromatic carbocycles. The molecule has 0 radical (unpaired) electrons. The predicted octanol–water partition coefficient (Wildman–Crippen LogP) is 3.87. The largest absolute Gasteiger partial charge is 0.305 e. The van der Waals surface area contributed by atoms with Gasteiger partial charge in [0.1, 0.15) is 5.82 Å². The van der Waals surface area contributed by atoms with Crippen molar-refractivity contribution in [2.24, 2.45) is 0 Å². The van der Waals surface area contributed by atoms with Crippen molar-refractivity contribution in [3.8, 4) is 5.69 Å². The van der Waals surface area contributed by atoms with Crippen molar-refractivity contribution in [3.63, 3.8) is 0 Å². The fraction of sp³-hybridized carbons (Fsp3) is 0. The quantitative estimate of drug-likeness (QED) is 0.761. The number of anilines is 1. The highest BCUT2D eigenvalue weighted by Crippen LogP contribution is 2.23. The number of carbonyl (C=O) groups excluding carboxylic acids is 1. The highest BCUT2D eigenvalue weighted by Gasteiger charge is 2.14. The molecule has 9 heteroatoms. The lowest BCUT2D eigenvalue weighted by atomic mass is 10.3. The summed E-state index contributed by atoms with van der Waals surface area (Å²) in [5, 5.41) is 11.4. The molecule has 2 heterocycles. The van der Waals surface area contributed by atoms with E-state index in [1.54, 1.807) is 18.2 Å². The van der Waals surface area contributed by atoms with Gasteiger partial charge in [0, 0.05) is 12.3 Å². The van der Waals surface area contributed by atoms with Gasteiger partial charge in [0.05, 0.1) is 27.0 Å². The van der Waals surface area contributed by atoms with Gasteiger partial charge in [-0.15, -0.1) is 5.10 Å². The van der Waals surface area contributed by atoms with E-state index in [1.165, 1.54) is 23.1 Å². The number of rotatable bonds is 3. The van der Waals surface area contributed by atoms with Gasteiger partial charge in [-0.05, 0) is 12.1 Å². The summed E-state index contributed by atoms with van der Waals surface area (Å²) in [6, 6.07) is 8.53. The van der Waals surface area contributed by atoms with E-state index < -0.39 is 5.91 Å². The van der Waals surface area contributed by atoms with Crippen LogP contribution in [0.3, 0.4) is 0 Å². The molecule has 0 aliphatic rings. The highest BCUT2D eigenvalue weighted by atomic mass is 35.5. The van der Waals surface area contributed by atoms with Crippen LogP contribution in [-0.4, -0.2) is 25.9 Å². The molecule has 0 fully saturated rings. The number of para-hydroxylation sites is 1. The average molecular weight is 369 g/mol. The minimum Gasteiger partial charge on any atom is -0.305 e. The smallest absolute Gasteiger partial charge is 0.279 e. The Morgan fingerprint density at radius 1 is 1.09 bits per heavy atom. The lowest BCUT2D eigenvalue weighted by molar-refractivity contribution is 0.102. The van der Waals surface area contributed by atoms with Crippen LogP contribution in [0.1, 0.15) is 10.5 Å². The van der Waals surface area contributed by atoms with Gasteiger partial charge in [0.15, 0.2) is 5.69 Å². The maximum Gasteiger partial charge on any atom is 0.279 e. The van der Waals surface area contributed by atoms with Gasteiger partial charge in [-0.25, -0.2) is 9.67 Å². The first-order valence-corrected chi connectivity index (χ1v) is 7.47. The number of hydrogen-bond acceptors (Lipinski definition) is 4. The molecule has 0 spiro atoms. The monoisotopic (exact) mass is 367 g/mol. The second-order valence-corrected chi connectivity index (χ2v) is 5.66. The predicted molar refractivity (Wildman–Crippen MR) is 88.6 cm³/mol. The summed E-state index contributed by atoms with van der Waals surface area (Å²) in [5.74, 6) is -0.217. The summed E-state index contributed by atoms with van der Waals surface area (Å²) >= 11 is 17.7. The van der Waals surface area contributed by atoms with Crippen molar-refractivity contribution in [3.05, 3.63) is 63.5 Å². The second-order valence-electron chi connectivity index (χ2n) is 4.44. The minimum atomic E-state index is -0.478. The van der Waals surface area contributed by atoms with Gasteiger partial charge in [0.2, 0.25) is 0 Å². The number of pyridine rings is 1. The molecule has 0 aliphatic heterocycles. The Balaban J connectivity index is 1.81. The number of aromatic nitrogens is 4. The summed E-state index contributed by atoms with van der Waals surface area (Å²) in [6.07, 6.45) is 2.81. The van der Waals surface area contributed by atoms with Crippen LogP contribution < -0.4 is 5.32 Å². The number of amides is 1. The molecule has 3 rings (SSSR count). The maximum absolute atomic E-state index is 12.2. The molecule has 0 atom stereocenters. The zero-order valence-corrected chi connectivity index (χ0v) is 13.6.